The molecular formula is C25H27NO4. The SMILES string of the molecule is O=C(OCC1c2ccccc2-c2ccccc21)N1CCC[C@@]2(C(=O)O)CCCC[C@H]12. The summed E-state index contributed by atoms with van der Waals surface area (Å²) in [7, 11) is 0. The number of nitrogens with zero attached hydrogens (tertiary/aromatic N) is 1. The maximum Gasteiger partial charge on any atom is 0.410 e. The molecular weight excluding hydrogens is 378 g/mol. The van der Waals surface area contributed by atoms with Crippen LogP contribution in [0.4, 0.5) is 4.79 Å². The van der Waals surface area contributed by atoms with Gasteiger partial charge in [-0.05, 0) is 47.9 Å². The minimum atomic E-state index is -0.803. The molecule has 5 nitrogen and oxygen atoms in total. The summed E-state index contributed by atoms with van der Waals surface area (Å²) in [4.78, 5) is 27.0. The first-order valence-electron chi connectivity index (χ1n) is 11.0. The number of carboxylic acid groups (broad SMARTS) is 1. The number of piperidine rings is 1. The fourth-order valence-corrected chi connectivity index (χ4v) is 5.94. The van der Waals surface area contributed by atoms with E-state index in [-0.39, 0.29) is 24.7 Å². The number of benzene rings is 2. The fourth-order valence-electron chi connectivity index (χ4n) is 5.94. The van der Waals surface area contributed by atoms with Crippen LogP contribution in [0.2, 0.25) is 0 Å². The topological polar surface area (TPSA) is 66.8 Å². The molecule has 156 valence electrons. The van der Waals surface area contributed by atoms with Crippen molar-refractivity contribution in [2.45, 2.75) is 50.5 Å². The molecule has 1 amide bonds. The number of likely N-dealkylation sites (tertiary alicyclic amines) is 1. The number of hydrogen-bond acceptors (Lipinski definition) is 3. The minimum absolute atomic E-state index is 0.0155. The van der Waals surface area contributed by atoms with E-state index in [1.165, 1.54) is 22.3 Å². The highest BCUT2D eigenvalue weighted by Crippen LogP contribution is 2.47. The number of amides is 1. The zero-order valence-electron chi connectivity index (χ0n) is 17.0. The van der Waals surface area contributed by atoms with Gasteiger partial charge in [0.2, 0.25) is 0 Å². The molecule has 0 bridgehead atoms. The third kappa shape index (κ3) is 2.91. The van der Waals surface area contributed by atoms with Crippen molar-refractivity contribution in [2.75, 3.05) is 13.2 Å². The van der Waals surface area contributed by atoms with E-state index in [0.29, 0.717) is 25.8 Å². The van der Waals surface area contributed by atoms with Crippen LogP contribution in [0, 0.1) is 5.41 Å². The van der Waals surface area contributed by atoms with Crippen LogP contribution in [-0.4, -0.2) is 41.3 Å². The highest BCUT2D eigenvalue weighted by Gasteiger charge is 2.53. The number of carbonyl (C=O) groups is 2. The monoisotopic (exact) mass is 405 g/mol. The average molecular weight is 405 g/mol. The smallest absolute Gasteiger partial charge is 0.410 e. The maximum absolute atomic E-state index is 13.1. The number of fused-ring (bicyclic) bond motifs is 4. The summed E-state index contributed by atoms with van der Waals surface area (Å²) in [5, 5.41) is 9.97. The normalized spacial score (nSPS) is 25.2. The van der Waals surface area contributed by atoms with Crippen LogP contribution < -0.4 is 0 Å². The van der Waals surface area contributed by atoms with E-state index < -0.39 is 11.4 Å². The molecule has 2 aromatic rings. The van der Waals surface area contributed by atoms with Crippen molar-refractivity contribution in [2.24, 2.45) is 5.41 Å². The second-order valence-electron chi connectivity index (χ2n) is 8.82. The Labute approximate surface area is 176 Å². The molecule has 2 aromatic carbocycles. The number of carbonyl (C=O) groups excluding carboxylic acids is 1. The van der Waals surface area contributed by atoms with Crippen LogP contribution in [0.15, 0.2) is 48.5 Å². The molecule has 3 aliphatic rings. The van der Waals surface area contributed by atoms with Gasteiger partial charge in [0.25, 0.3) is 0 Å². The molecule has 5 rings (SSSR count). The summed E-state index contributed by atoms with van der Waals surface area (Å²) >= 11 is 0. The molecule has 1 aliphatic heterocycles. The van der Waals surface area contributed by atoms with E-state index in [9.17, 15) is 14.7 Å². The second-order valence-corrected chi connectivity index (χ2v) is 8.82. The Kier molecular flexibility index (Phi) is 4.76. The molecule has 1 saturated heterocycles. The molecule has 0 spiro atoms. The lowest BCUT2D eigenvalue weighted by molar-refractivity contribution is -0.159. The van der Waals surface area contributed by atoms with Crippen LogP contribution in [0.3, 0.4) is 0 Å². The molecule has 0 unspecified atom stereocenters. The highest BCUT2D eigenvalue weighted by molar-refractivity contribution is 5.80. The molecule has 1 heterocycles. The van der Waals surface area contributed by atoms with E-state index in [4.69, 9.17) is 4.74 Å². The maximum atomic E-state index is 13.1. The Morgan fingerprint density at radius 1 is 0.967 bits per heavy atom. The lowest BCUT2D eigenvalue weighted by Gasteiger charge is -2.49. The Morgan fingerprint density at radius 3 is 2.27 bits per heavy atom. The van der Waals surface area contributed by atoms with Crippen molar-refractivity contribution < 1.29 is 19.4 Å². The first kappa shape index (κ1) is 19.2. The van der Waals surface area contributed by atoms with Crippen LogP contribution >= 0.6 is 0 Å². The van der Waals surface area contributed by atoms with E-state index in [1.54, 1.807) is 4.90 Å². The molecule has 2 fully saturated rings. The third-order valence-corrected chi connectivity index (χ3v) is 7.38. The summed E-state index contributed by atoms with van der Waals surface area (Å²) in [6, 6.07) is 16.3. The Bertz CT molecular complexity index is 937. The third-order valence-electron chi connectivity index (χ3n) is 7.38. The predicted octanol–water partition coefficient (Wildman–Crippen LogP) is 5.04. The van der Waals surface area contributed by atoms with E-state index in [1.807, 2.05) is 24.3 Å². The van der Waals surface area contributed by atoms with Gasteiger partial charge in [-0.25, -0.2) is 4.79 Å². The second kappa shape index (κ2) is 7.46. The van der Waals surface area contributed by atoms with Crippen molar-refractivity contribution in [3.8, 4) is 11.1 Å². The Balaban J connectivity index is 1.36. The van der Waals surface area contributed by atoms with E-state index >= 15 is 0 Å². The predicted molar refractivity (Wildman–Crippen MR) is 113 cm³/mol. The average Bonchev–Trinajstić information content (AvgIpc) is 3.10. The van der Waals surface area contributed by atoms with Gasteiger partial charge in [0.1, 0.15) is 6.61 Å². The van der Waals surface area contributed by atoms with Gasteiger partial charge in [-0.15, -0.1) is 0 Å². The van der Waals surface area contributed by atoms with Crippen molar-refractivity contribution in [1.29, 1.82) is 0 Å². The first-order valence-corrected chi connectivity index (χ1v) is 11.0. The Hall–Kier alpha value is -2.82. The molecule has 2 aliphatic carbocycles. The van der Waals surface area contributed by atoms with Crippen LogP contribution in [0.25, 0.3) is 11.1 Å². The highest BCUT2D eigenvalue weighted by atomic mass is 16.6. The molecule has 5 heteroatoms. The van der Waals surface area contributed by atoms with Gasteiger partial charge >= 0.3 is 12.1 Å². The van der Waals surface area contributed by atoms with Gasteiger partial charge in [0.15, 0.2) is 0 Å². The largest absolute Gasteiger partial charge is 0.481 e. The van der Waals surface area contributed by atoms with E-state index in [2.05, 4.69) is 24.3 Å². The van der Waals surface area contributed by atoms with Crippen molar-refractivity contribution in [3.63, 3.8) is 0 Å². The van der Waals surface area contributed by atoms with Gasteiger partial charge < -0.3 is 14.7 Å². The van der Waals surface area contributed by atoms with Crippen LogP contribution in [-0.2, 0) is 9.53 Å². The molecule has 1 saturated carbocycles. The number of rotatable bonds is 3. The number of aliphatic carboxylic acids is 1. The van der Waals surface area contributed by atoms with Gasteiger partial charge in [-0.2, -0.15) is 0 Å². The standard InChI is InChI=1S/C25H27NO4/c27-23(28)25-13-6-5-12-22(25)26(15-7-14-25)24(29)30-16-21-19-10-3-1-8-17(19)18-9-2-4-11-20(18)21/h1-4,8-11,21-22H,5-7,12-16H2,(H,27,28)/t22-,25-/m0/s1. The molecule has 30 heavy (non-hydrogen) atoms. The van der Waals surface area contributed by atoms with Gasteiger partial charge in [0, 0.05) is 12.5 Å². The summed E-state index contributed by atoms with van der Waals surface area (Å²) < 4.78 is 5.85. The number of ether oxygens (including phenoxy) is 1. The Morgan fingerprint density at radius 2 is 1.60 bits per heavy atom. The zero-order chi connectivity index (χ0) is 20.7. The van der Waals surface area contributed by atoms with Crippen molar-refractivity contribution in [1.82, 2.24) is 4.90 Å². The lowest BCUT2D eigenvalue weighted by Crippen LogP contribution is -2.59. The zero-order valence-corrected chi connectivity index (χ0v) is 17.0. The molecule has 2 atom stereocenters. The van der Waals surface area contributed by atoms with Crippen molar-refractivity contribution >= 4 is 12.1 Å². The first-order chi connectivity index (χ1) is 14.6. The summed E-state index contributed by atoms with van der Waals surface area (Å²) in [5.41, 5.74) is 3.96. The van der Waals surface area contributed by atoms with Gasteiger partial charge in [-0.3, -0.25) is 4.79 Å². The minimum Gasteiger partial charge on any atom is -0.481 e. The summed E-state index contributed by atoms with van der Waals surface area (Å²) in [6.07, 6.45) is 4.28. The fraction of sp³-hybridized carbons (Fsp3) is 0.440. The number of hydrogen-bond donors (Lipinski definition) is 1. The van der Waals surface area contributed by atoms with Crippen LogP contribution in [0.1, 0.15) is 55.6 Å². The van der Waals surface area contributed by atoms with E-state index in [0.717, 1.165) is 19.3 Å². The van der Waals surface area contributed by atoms with Gasteiger partial charge in [-0.1, -0.05) is 61.4 Å². The van der Waals surface area contributed by atoms with Gasteiger partial charge in [0.05, 0.1) is 11.5 Å². The molecule has 0 aromatic heterocycles. The quantitative estimate of drug-likeness (QED) is 0.776. The summed E-state index contributed by atoms with van der Waals surface area (Å²) in [6.45, 7) is 0.854. The molecule has 1 N–H and O–H groups in total. The number of carboxylic acids is 1. The van der Waals surface area contributed by atoms with Crippen molar-refractivity contribution in [3.05, 3.63) is 59.7 Å². The molecule has 0 radical (unpaired) electrons. The summed E-state index contributed by atoms with van der Waals surface area (Å²) in [5.74, 6) is -0.745. The van der Waals surface area contributed by atoms with Crippen LogP contribution in [0.5, 0.6) is 0 Å². The lowest BCUT2D eigenvalue weighted by atomic mass is 9.65.